The van der Waals surface area contributed by atoms with Crippen molar-refractivity contribution in [2.45, 2.75) is 58.0 Å². The maximum atomic E-state index is 5.96. The van der Waals surface area contributed by atoms with Crippen molar-refractivity contribution in [2.75, 3.05) is 33.2 Å². The first-order valence-electron chi connectivity index (χ1n) is 7.33. The highest BCUT2D eigenvalue weighted by Gasteiger charge is 2.26. The first kappa shape index (κ1) is 14.9. The molecule has 2 atom stereocenters. The van der Waals surface area contributed by atoms with Gasteiger partial charge in [0.25, 0.3) is 0 Å². The summed E-state index contributed by atoms with van der Waals surface area (Å²) in [6, 6.07) is 1.27. The second-order valence-corrected chi connectivity index (χ2v) is 5.59. The lowest BCUT2D eigenvalue weighted by Gasteiger charge is -2.42. The Balaban J connectivity index is 2.33. The topological polar surface area (TPSA) is 32.5 Å². The Morgan fingerprint density at radius 1 is 1.24 bits per heavy atom. The number of nitrogens with zero attached hydrogens (tertiary/aromatic N) is 2. The summed E-state index contributed by atoms with van der Waals surface area (Å²) in [7, 11) is 2.21. The van der Waals surface area contributed by atoms with Crippen molar-refractivity contribution in [2.24, 2.45) is 5.73 Å². The number of unbranched alkanes of at least 4 members (excludes halogenated alkanes) is 3. The van der Waals surface area contributed by atoms with Gasteiger partial charge in [0, 0.05) is 38.3 Å². The molecule has 0 spiro atoms. The van der Waals surface area contributed by atoms with Crippen LogP contribution in [-0.2, 0) is 0 Å². The fraction of sp³-hybridized carbons (Fsp3) is 1.00. The largest absolute Gasteiger partial charge is 0.329 e. The molecule has 1 rings (SSSR count). The average Bonchev–Trinajstić information content (AvgIpc) is 2.31. The van der Waals surface area contributed by atoms with Crippen LogP contribution in [0.1, 0.15) is 46.0 Å². The fourth-order valence-corrected chi connectivity index (χ4v) is 2.92. The molecular weight excluding hydrogens is 210 g/mol. The molecule has 1 aliphatic rings. The van der Waals surface area contributed by atoms with Crippen molar-refractivity contribution in [1.29, 1.82) is 0 Å². The van der Waals surface area contributed by atoms with E-state index in [-0.39, 0.29) is 0 Å². The molecule has 0 saturated carbocycles. The molecule has 0 aromatic heterocycles. The predicted octanol–water partition coefficient (Wildman–Crippen LogP) is 1.92. The second-order valence-electron chi connectivity index (χ2n) is 5.59. The van der Waals surface area contributed by atoms with E-state index in [2.05, 4.69) is 30.7 Å². The molecule has 1 heterocycles. The molecule has 0 bridgehead atoms. The standard InChI is InChI=1S/C14H31N3/c1-4-5-6-7-8-14(11-15)17-10-9-16(3)12-13(17)2/h13-14H,4-12,15H2,1-3H3. The number of nitrogens with two attached hydrogens (primary N) is 1. The van der Waals surface area contributed by atoms with Gasteiger partial charge in [-0.05, 0) is 20.4 Å². The van der Waals surface area contributed by atoms with E-state index >= 15 is 0 Å². The Hall–Kier alpha value is -0.120. The van der Waals surface area contributed by atoms with E-state index in [0.717, 1.165) is 6.54 Å². The van der Waals surface area contributed by atoms with Gasteiger partial charge in [0.05, 0.1) is 0 Å². The summed E-state index contributed by atoms with van der Waals surface area (Å²) >= 11 is 0. The molecule has 1 fully saturated rings. The van der Waals surface area contributed by atoms with Crippen LogP contribution in [0.15, 0.2) is 0 Å². The van der Waals surface area contributed by atoms with Crippen molar-refractivity contribution in [1.82, 2.24) is 9.80 Å². The first-order chi connectivity index (χ1) is 8.19. The van der Waals surface area contributed by atoms with Gasteiger partial charge in [0.2, 0.25) is 0 Å². The molecule has 1 aliphatic heterocycles. The van der Waals surface area contributed by atoms with Crippen molar-refractivity contribution < 1.29 is 0 Å². The molecule has 0 aromatic rings. The normalized spacial score (nSPS) is 25.1. The van der Waals surface area contributed by atoms with Crippen LogP contribution in [0.5, 0.6) is 0 Å². The molecule has 1 saturated heterocycles. The molecule has 0 aliphatic carbocycles. The van der Waals surface area contributed by atoms with E-state index in [9.17, 15) is 0 Å². The van der Waals surface area contributed by atoms with Crippen molar-refractivity contribution >= 4 is 0 Å². The molecule has 0 aromatic carbocycles. The highest BCUT2D eigenvalue weighted by molar-refractivity contribution is 4.83. The second kappa shape index (κ2) is 8.06. The van der Waals surface area contributed by atoms with Gasteiger partial charge in [-0.3, -0.25) is 4.90 Å². The van der Waals surface area contributed by atoms with Gasteiger partial charge in [-0.25, -0.2) is 0 Å². The van der Waals surface area contributed by atoms with Gasteiger partial charge in [-0.15, -0.1) is 0 Å². The number of hydrogen-bond donors (Lipinski definition) is 1. The molecule has 102 valence electrons. The van der Waals surface area contributed by atoms with Crippen LogP contribution >= 0.6 is 0 Å². The molecule has 2 unspecified atom stereocenters. The van der Waals surface area contributed by atoms with Crippen LogP contribution in [0.2, 0.25) is 0 Å². The Kier molecular flexibility index (Phi) is 7.09. The van der Waals surface area contributed by atoms with Crippen molar-refractivity contribution in [3.05, 3.63) is 0 Å². The Morgan fingerprint density at radius 2 is 2.00 bits per heavy atom. The van der Waals surface area contributed by atoms with E-state index in [1.165, 1.54) is 51.7 Å². The van der Waals surface area contributed by atoms with E-state index in [0.29, 0.717) is 12.1 Å². The summed E-state index contributed by atoms with van der Waals surface area (Å²) < 4.78 is 0. The Bertz CT molecular complexity index is 196. The summed E-state index contributed by atoms with van der Waals surface area (Å²) in [4.78, 5) is 5.05. The van der Waals surface area contributed by atoms with E-state index in [1.807, 2.05) is 0 Å². The lowest BCUT2D eigenvalue weighted by Crippen LogP contribution is -2.56. The summed E-state index contributed by atoms with van der Waals surface area (Å²) in [5.74, 6) is 0. The van der Waals surface area contributed by atoms with Crippen molar-refractivity contribution in [3.8, 4) is 0 Å². The van der Waals surface area contributed by atoms with Gasteiger partial charge < -0.3 is 10.6 Å². The Morgan fingerprint density at radius 3 is 2.59 bits per heavy atom. The maximum absolute atomic E-state index is 5.96. The van der Waals surface area contributed by atoms with Crippen LogP contribution in [-0.4, -0.2) is 55.1 Å². The van der Waals surface area contributed by atoms with Gasteiger partial charge in [-0.1, -0.05) is 32.6 Å². The van der Waals surface area contributed by atoms with Crippen LogP contribution < -0.4 is 5.73 Å². The summed E-state index contributed by atoms with van der Waals surface area (Å²) in [5, 5.41) is 0. The average molecular weight is 241 g/mol. The van der Waals surface area contributed by atoms with Gasteiger partial charge in [0.1, 0.15) is 0 Å². The zero-order valence-electron chi connectivity index (χ0n) is 12.0. The fourth-order valence-electron chi connectivity index (χ4n) is 2.92. The first-order valence-corrected chi connectivity index (χ1v) is 7.33. The highest BCUT2D eigenvalue weighted by Crippen LogP contribution is 2.16. The van der Waals surface area contributed by atoms with E-state index in [1.54, 1.807) is 0 Å². The van der Waals surface area contributed by atoms with Crippen LogP contribution in [0.4, 0.5) is 0 Å². The third-order valence-electron chi connectivity index (χ3n) is 4.01. The van der Waals surface area contributed by atoms with Gasteiger partial charge in [0.15, 0.2) is 0 Å². The lowest BCUT2D eigenvalue weighted by molar-refractivity contribution is 0.0595. The Labute approximate surface area is 107 Å². The number of piperazine rings is 1. The predicted molar refractivity (Wildman–Crippen MR) is 75.3 cm³/mol. The monoisotopic (exact) mass is 241 g/mol. The maximum Gasteiger partial charge on any atom is 0.0222 e. The SMILES string of the molecule is CCCCCCC(CN)N1CCN(C)CC1C. The lowest BCUT2D eigenvalue weighted by atomic mass is 10.0. The molecule has 0 amide bonds. The quantitative estimate of drug-likeness (QED) is 0.691. The molecular formula is C14H31N3. The molecule has 2 N–H and O–H groups in total. The molecule has 3 heteroatoms. The molecule has 3 nitrogen and oxygen atoms in total. The third kappa shape index (κ3) is 4.94. The molecule has 0 radical (unpaired) electrons. The highest BCUT2D eigenvalue weighted by atomic mass is 15.3. The van der Waals surface area contributed by atoms with E-state index in [4.69, 9.17) is 5.73 Å². The number of likely N-dealkylation sites (N-methyl/N-ethyl adjacent to an activating group) is 1. The van der Waals surface area contributed by atoms with Crippen molar-refractivity contribution in [3.63, 3.8) is 0 Å². The summed E-state index contributed by atoms with van der Waals surface area (Å²) in [6.07, 6.45) is 6.68. The zero-order valence-corrected chi connectivity index (χ0v) is 12.0. The van der Waals surface area contributed by atoms with Gasteiger partial charge in [-0.2, -0.15) is 0 Å². The van der Waals surface area contributed by atoms with Crippen LogP contribution in [0, 0.1) is 0 Å². The summed E-state index contributed by atoms with van der Waals surface area (Å²) in [6.45, 7) is 8.99. The minimum absolute atomic E-state index is 0.607. The minimum atomic E-state index is 0.607. The number of hydrogen-bond acceptors (Lipinski definition) is 3. The number of rotatable bonds is 7. The van der Waals surface area contributed by atoms with Crippen LogP contribution in [0.3, 0.4) is 0 Å². The summed E-state index contributed by atoms with van der Waals surface area (Å²) in [5.41, 5.74) is 5.96. The minimum Gasteiger partial charge on any atom is -0.329 e. The van der Waals surface area contributed by atoms with Crippen LogP contribution in [0.25, 0.3) is 0 Å². The zero-order chi connectivity index (χ0) is 12.7. The third-order valence-corrected chi connectivity index (χ3v) is 4.01. The van der Waals surface area contributed by atoms with Gasteiger partial charge >= 0.3 is 0 Å². The van der Waals surface area contributed by atoms with E-state index < -0.39 is 0 Å². The smallest absolute Gasteiger partial charge is 0.0222 e. The molecule has 17 heavy (non-hydrogen) atoms.